The fraction of sp³-hybridized carbons (Fsp3) is 0.889. The molecule has 1 aliphatic carbocycles. The molecule has 1 amide bonds. The molecule has 1 saturated heterocycles. The molecule has 2 fully saturated rings. The molecule has 1 heterocycles. The van der Waals surface area contributed by atoms with E-state index in [1.807, 2.05) is 0 Å². The van der Waals surface area contributed by atoms with Crippen LogP contribution in [0.4, 0.5) is 0 Å². The quantitative estimate of drug-likeness (QED) is 0.700. The van der Waals surface area contributed by atoms with Crippen LogP contribution in [0.2, 0.25) is 0 Å². The molecule has 1 spiro atoms. The summed E-state index contributed by atoms with van der Waals surface area (Å²) in [6.45, 7) is 1.07. The number of nitrogens with one attached hydrogen (secondary N) is 1. The molecule has 0 aromatic rings. The molecule has 13 heavy (non-hydrogen) atoms. The molecular weight excluding hydrogens is 188 g/mol. The van der Waals surface area contributed by atoms with Gasteiger partial charge in [0.05, 0.1) is 0 Å². The second-order valence-electron chi connectivity index (χ2n) is 4.24. The Morgan fingerprint density at radius 2 is 2.23 bits per heavy atom. The molecule has 2 rings (SSSR count). The molecule has 3 nitrogen and oxygen atoms in total. The highest BCUT2D eigenvalue weighted by Gasteiger charge is 2.45. The predicted octanol–water partition coefficient (Wildman–Crippen LogP) is 0.816. The number of nitrogens with two attached hydrogens (primary N) is 1. The summed E-state index contributed by atoms with van der Waals surface area (Å²) in [7, 11) is 0. The number of piperidine rings is 1. The van der Waals surface area contributed by atoms with Gasteiger partial charge in [0.1, 0.15) is 0 Å². The van der Waals surface area contributed by atoms with Gasteiger partial charge in [0.25, 0.3) is 0 Å². The largest absolute Gasteiger partial charge is 0.370 e. The molecule has 76 valence electrons. The van der Waals surface area contributed by atoms with Gasteiger partial charge in [-0.3, -0.25) is 4.79 Å². The van der Waals surface area contributed by atoms with E-state index in [-0.39, 0.29) is 18.3 Å². The van der Waals surface area contributed by atoms with Crippen LogP contribution in [-0.4, -0.2) is 18.0 Å². The number of halogens is 1. The summed E-state index contributed by atoms with van der Waals surface area (Å²) in [4.78, 5) is 10.7. The van der Waals surface area contributed by atoms with Crippen LogP contribution in [0.25, 0.3) is 0 Å². The third kappa shape index (κ3) is 2.58. The van der Waals surface area contributed by atoms with Crippen LogP contribution >= 0.6 is 12.4 Å². The molecule has 2 aliphatic rings. The first kappa shape index (κ1) is 10.8. The zero-order valence-electron chi connectivity index (χ0n) is 7.71. The van der Waals surface area contributed by atoms with E-state index in [1.165, 1.54) is 12.8 Å². The van der Waals surface area contributed by atoms with Crippen molar-refractivity contribution < 1.29 is 4.79 Å². The van der Waals surface area contributed by atoms with Crippen molar-refractivity contribution in [3.05, 3.63) is 0 Å². The van der Waals surface area contributed by atoms with E-state index < -0.39 is 0 Å². The molecule has 0 bridgehead atoms. The van der Waals surface area contributed by atoms with Crippen molar-refractivity contribution in [1.82, 2.24) is 5.32 Å². The molecule has 1 saturated carbocycles. The Bertz CT molecular complexity index is 204. The Morgan fingerprint density at radius 1 is 1.54 bits per heavy atom. The summed E-state index contributed by atoms with van der Waals surface area (Å²) < 4.78 is 0. The van der Waals surface area contributed by atoms with Crippen LogP contribution in [0.1, 0.15) is 32.1 Å². The Morgan fingerprint density at radius 3 is 2.77 bits per heavy atom. The highest BCUT2D eigenvalue weighted by Crippen LogP contribution is 2.44. The van der Waals surface area contributed by atoms with E-state index in [9.17, 15) is 4.79 Å². The minimum atomic E-state index is -0.141. The van der Waals surface area contributed by atoms with Gasteiger partial charge in [0.15, 0.2) is 0 Å². The summed E-state index contributed by atoms with van der Waals surface area (Å²) in [5.74, 6) is 0.406. The van der Waals surface area contributed by atoms with Gasteiger partial charge in [-0.25, -0.2) is 0 Å². The lowest BCUT2D eigenvalue weighted by Gasteiger charge is -2.29. The highest BCUT2D eigenvalue weighted by atomic mass is 35.5. The maximum Gasteiger partial charge on any atom is 0.217 e. The SMILES string of the molecule is Cl.NC(=O)CC1CCNC2(CC2)C1. The summed E-state index contributed by atoms with van der Waals surface area (Å²) in [5, 5.41) is 3.52. The van der Waals surface area contributed by atoms with Gasteiger partial charge in [-0.05, 0) is 38.1 Å². The maximum atomic E-state index is 10.7. The van der Waals surface area contributed by atoms with Crippen molar-refractivity contribution in [3.63, 3.8) is 0 Å². The van der Waals surface area contributed by atoms with Crippen LogP contribution in [0.5, 0.6) is 0 Å². The topological polar surface area (TPSA) is 55.1 Å². The lowest BCUT2D eigenvalue weighted by molar-refractivity contribution is -0.119. The van der Waals surface area contributed by atoms with Crippen molar-refractivity contribution in [1.29, 1.82) is 0 Å². The van der Waals surface area contributed by atoms with Gasteiger partial charge in [-0.2, -0.15) is 0 Å². The third-order valence-corrected chi connectivity index (χ3v) is 3.08. The second kappa shape index (κ2) is 3.84. The first-order valence-electron chi connectivity index (χ1n) is 4.74. The smallest absolute Gasteiger partial charge is 0.217 e. The molecule has 0 aromatic heterocycles. The summed E-state index contributed by atoms with van der Waals surface area (Å²) >= 11 is 0. The summed E-state index contributed by atoms with van der Waals surface area (Å²) in [6, 6.07) is 0. The standard InChI is InChI=1S/C9H16N2O.ClH/c10-8(12)5-7-1-4-11-9(6-7)2-3-9;/h7,11H,1-6H2,(H2,10,12);1H. The van der Waals surface area contributed by atoms with Crippen LogP contribution in [0.3, 0.4) is 0 Å². The Balaban J connectivity index is 0.000000845. The normalized spacial score (nSPS) is 29.4. The number of carbonyl (C=O) groups is 1. The lowest BCUT2D eigenvalue weighted by Crippen LogP contribution is -2.40. The first-order chi connectivity index (χ1) is 5.70. The van der Waals surface area contributed by atoms with Gasteiger partial charge in [-0.1, -0.05) is 0 Å². The van der Waals surface area contributed by atoms with Gasteiger partial charge >= 0.3 is 0 Å². The first-order valence-corrected chi connectivity index (χ1v) is 4.74. The predicted molar refractivity (Wildman–Crippen MR) is 53.8 cm³/mol. The number of hydrogen-bond donors (Lipinski definition) is 2. The monoisotopic (exact) mass is 204 g/mol. The van der Waals surface area contributed by atoms with Gasteiger partial charge < -0.3 is 11.1 Å². The lowest BCUT2D eigenvalue weighted by atomic mass is 9.88. The Hall–Kier alpha value is -0.280. The van der Waals surface area contributed by atoms with Crippen LogP contribution < -0.4 is 11.1 Å². The molecular formula is C9H17ClN2O. The average molecular weight is 205 g/mol. The fourth-order valence-electron chi connectivity index (χ4n) is 2.26. The number of amides is 1. The van der Waals surface area contributed by atoms with Gasteiger partial charge in [0.2, 0.25) is 5.91 Å². The van der Waals surface area contributed by atoms with Crippen molar-refractivity contribution in [2.75, 3.05) is 6.54 Å². The fourth-order valence-corrected chi connectivity index (χ4v) is 2.26. The minimum Gasteiger partial charge on any atom is -0.370 e. The van der Waals surface area contributed by atoms with Crippen molar-refractivity contribution in [2.45, 2.75) is 37.6 Å². The average Bonchev–Trinajstić information content (AvgIpc) is 2.68. The minimum absolute atomic E-state index is 0. The van der Waals surface area contributed by atoms with Crippen LogP contribution in [-0.2, 0) is 4.79 Å². The van der Waals surface area contributed by atoms with Gasteiger partial charge in [-0.15, -0.1) is 12.4 Å². The third-order valence-electron chi connectivity index (χ3n) is 3.08. The van der Waals surface area contributed by atoms with Crippen molar-refractivity contribution in [2.24, 2.45) is 11.7 Å². The molecule has 4 heteroatoms. The maximum absolute atomic E-state index is 10.7. The number of hydrogen-bond acceptors (Lipinski definition) is 2. The molecule has 1 atom stereocenters. The molecule has 0 aromatic carbocycles. The molecule has 3 N–H and O–H groups in total. The second-order valence-corrected chi connectivity index (χ2v) is 4.24. The van der Waals surface area contributed by atoms with Crippen LogP contribution in [0, 0.1) is 5.92 Å². The van der Waals surface area contributed by atoms with E-state index >= 15 is 0 Å². The van der Waals surface area contributed by atoms with Gasteiger partial charge in [0, 0.05) is 12.0 Å². The highest BCUT2D eigenvalue weighted by molar-refractivity contribution is 5.85. The van der Waals surface area contributed by atoms with Crippen molar-refractivity contribution >= 4 is 18.3 Å². The number of rotatable bonds is 2. The van der Waals surface area contributed by atoms with E-state index in [0.717, 1.165) is 19.4 Å². The Kier molecular flexibility index (Phi) is 3.19. The zero-order valence-corrected chi connectivity index (χ0v) is 8.53. The molecule has 1 aliphatic heterocycles. The Labute approximate surface area is 84.9 Å². The number of primary amides is 1. The summed E-state index contributed by atoms with van der Waals surface area (Å²) in [5.41, 5.74) is 5.60. The van der Waals surface area contributed by atoms with E-state index in [4.69, 9.17) is 5.73 Å². The van der Waals surface area contributed by atoms with E-state index in [2.05, 4.69) is 5.32 Å². The summed E-state index contributed by atoms with van der Waals surface area (Å²) in [6.07, 6.45) is 5.45. The van der Waals surface area contributed by atoms with E-state index in [1.54, 1.807) is 0 Å². The number of carbonyl (C=O) groups excluding carboxylic acids is 1. The molecule has 0 radical (unpaired) electrons. The zero-order chi connectivity index (χ0) is 8.60. The molecule has 1 unspecified atom stereocenters. The van der Waals surface area contributed by atoms with Crippen LogP contribution in [0.15, 0.2) is 0 Å². The van der Waals surface area contributed by atoms with Crippen molar-refractivity contribution in [3.8, 4) is 0 Å². The van der Waals surface area contributed by atoms with E-state index in [0.29, 0.717) is 17.9 Å².